The zero-order valence-electron chi connectivity index (χ0n) is 17.2. The number of methoxy groups -OCH3 is 1. The van der Waals surface area contributed by atoms with Crippen molar-refractivity contribution in [2.24, 2.45) is 0 Å². The predicted molar refractivity (Wildman–Crippen MR) is 114 cm³/mol. The number of likely N-dealkylation sites (N-methyl/N-ethyl adjacent to an activating group) is 1. The van der Waals surface area contributed by atoms with Gasteiger partial charge in [0.1, 0.15) is 11.6 Å². The monoisotopic (exact) mass is 369 g/mol. The van der Waals surface area contributed by atoms with E-state index in [1.165, 1.54) is 0 Å². The molecule has 0 amide bonds. The molecule has 1 unspecified atom stereocenters. The Bertz CT molecular complexity index is 745. The lowest BCUT2D eigenvalue weighted by Gasteiger charge is -2.33. The van der Waals surface area contributed by atoms with Gasteiger partial charge in [0.05, 0.1) is 19.3 Å². The summed E-state index contributed by atoms with van der Waals surface area (Å²) in [6.07, 6.45) is 0.0987. The molecule has 2 rings (SSSR count). The number of nitrogens with zero attached hydrogens (tertiary/aromatic N) is 2. The molecule has 0 saturated heterocycles. The zero-order valence-corrected chi connectivity index (χ0v) is 17.2. The van der Waals surface area contributed by atoms with Crippen LogP contribution in [0.1, 0.15) is 26.3 Å². The minimum atomic E-state index is 0.0987. The van der Waals surface area contributed by atoms with Crippen LogP contribution in [0.4, 0.5) is 11.4 Å². The smallest absolute Gasteiger partial charge is 0.134 e. The Labute approximate surface area is 163 Å². The van der Waals surface area contributed by atoms with Gasteiger partial charge in [0, 0.05) is 37.6 Å². The van der Waals surface area contributed by atoms with E-state index in [-0.39, 0.29) is 12.1 Å². The van der Waals surface area contributed by atoms with Gasteiger partial charge in [0.25, 0.3) is 0 Å². The molecule has 5 nitrogen and oxygen atoms in total. The predicted octanol–water partition coefficient (Wildman–Crippen LogP) is 4.41. The summed E-state index contributed by atoms with van der Waals surface area (Å²) in [5.74, 6) is 1.25. The molecule has 2 atom stereocenters. The maximum absolute atomic E-state index is 8.77. The van der Waals surface area contributed by atoms with Crippen molar-refractivity contribution >= 4 is 17.2 Å². The molecule has 2 aromatic carbocycles. The molecule has 5 heteroatoms. The van der Waals surface area contributed by atoms with Gasteiger partial charge in [-0.2, -0.15) is 0 Å². The third-order valence-electron chi connectivity index (χ3n) is 5.05. The Hall–Kier alpha value is -2.53. The van der Waals surface area contributed by atoms with E-state index in [1.807, 2.05) is 61.3 Å². The minimum Gasteiger partial charge on any atom is -0.497 e. The van der Waals surface area contributed by atoms with E-state index in [4.69, 9.17) is 14.9 Å². The molecule has 27 heavy (non-hydrogen) atoms. The molecule has 0 aliphatic rings. The molecule has 146 valence electrons. The summed E-state index contributed by atoms with van der Waals surface area (Å²) in [4.78, 5) is 4.06. The molecule has 0 saturated carbocycles. The molecule has 0 fully saturated rings. The number of ether oxygens (including phenoxy) is 2. The molecule has 1 N–H and O–H groups in total. The summed E-state index contributed by atoms with van der Waals surface area (Å²) >= 11 is 0. The van der Waals surface area contributed by atoms with Crippen molar-refractivity contribution in [3.63, 3.8) is 0 Å². The van der Waals surface area contributed by atoms with Crippen LogP contribution in [0, 0.1) is 5.41 Å². The van der Waals surface area contributed by atoms with Gasteiger partial charge in [0.15, 0.2) is 0 Å². The first-order chi connectivity index (χ1) is 12.9. The van der Waals surface area contributed by atoms with Crippen LogP contribution in [0.3, 0.4) is 0 Å². The van der Waals surface area contributed by atoms with Gasteiger partial charge in [-0.15, -0.1) is 0 Å². The molecule has 2 aromatic rings. The van der Waals surface area contributed by atoms with Crippen LogP contribution in [0.25, 0.3) is 0 Å². The second kappa shape index (κ2) is 9.42. The van der Waals surface area contributed by atoms with Crippen molar-refractivity contribution in [2.45, 2.75) is 32.9 Å². The molecule has 0 heterocycles. The normalized spacial score (nSPS) is 13.0. The number of hydrogen-bond acceptors (Lipinski definition) is 4. The number of anilines is 2. The Morgan fingerprint density at radius 2 is 1.67 bits per heavy atom. The summed E-state index contributed by atoms with van der Waals surface area (Å²) in [5, 5.41) is 8.77. The maximum Gasteiger partial charge on any atom is 0.134 e. The Morgan fingerprint density at radius 1 is 1.04 bits per heavy atom. The molecule has 0 bridgehead atoms. The fraction of sp³-hybridized carbons (Fsp3) is 0.409. The van der Waals surface area contributed by atoms with Crippen molar-refractivity contribution in [1.29, 1.82) is 5.41 Å². The van der Waals surface area contributed by atoms with E-state index in [0.717, 1.165) is 22.7 Å². The highest BCUT2D eigenvalue weighted by atomic mass is 16.5. The summed E-state index contributed by atoms with van der Waals surface area (Å²) in [7, 11) is 5.62. The standard InChI is InChI=1S/C22H31N3O2/c1-7-27-17(3)16(2)24(4)21-11-9-8-10-20(21)22(23)25(5)18-12-14-19(26-6)15-13-18/h8-17,23H,7H2,1-6H3/t16-,17?/m1/s1. The fourth-order valence-electron chi connectivity index (χ4n) is 3.03. The van der Waals surface area contributed by atoms with Gasteiger partial charge >= 0.3 is 0 Å². The second-order valence-electron chi connectivity index (χ2n) is 6.63. The summed E-state index contributed by atoms with van der Waals surface area (Å²) in [6, 6.07) is 15.9. The van der Waals surface area contributed by atoms with E-state index >= 15 is 0 Å². The number of amidine groups is 1. The van der Waals surface area contributed by atoms with Crippen LogP contribution >= 0.6 is 0 Å². The van der Waals surface area contributed by atoms with Crippen LogP contribution in [0.5, 0.6) is 5.75 Å². The van der Waals surface area contributed by atoms with E-state index in [1.54, 1.807) is 7.11 Å². The summed E-state index contributed by atoms with van der Waals surface area (Å²) < 4.78 is 11.0. The average Bonchev–Trinajstić information content (AvgIpc) is 2.71. The van der Waals surface area contributed by atoms with Crippen LogP contribution in [-0.2, 0) is 4.74 Å². The first kappa shape index (κ1) is 20.8. The summed E-state index contributed by atoms with van der Waals surface area (Å²) in [5.41, 5.74) is 2.84. The fourth-order valence-corrected chi connectivity index (χ4v) is 3.03. The molecular weight excluding hydrogens is 338 g/mol. The van der Waals surface area contributed by atoms with Crippen molar-refractivity contribution in [3.05, 3.63) is 54.1 Å². The highest BCUT2D eigenvalue weighted by molar-refractivity contribution is 6.11. The number of hydrogen-bond donors (Lipinski definition) is 1. The molecule has 0 aliphatic heterocycles. The average molecular weight is 370 g/mol. The van der Waals surface area contributed by atoms with Gasteiger partial charge in [0.2, 0.25) is 0 Å². The number of benzene rings is 2. The number of para-hydroxylation sites is 1. The highest BCUT2D eigenvalue weighted by Crippen LogP contribution is 2.26. The highest BCUT2D eigenvalue weighted by Gasteiger charge is 2.22. The number of nitrogens with one attached hydrogen (secondary N) is 1. The Morgan fingerprint density at radius 3 is 2.26 bits per heavy atom. The number of rotatable bonds is 8. The van der Waals surface area contributed by atoms with Crippen molar-refractivity contribution < 1.29 is 9.47 Å². The molecule has 0 spiro atoms. The van der Waals surface area contributed by atoms with E-state index < -0.39 is 0 Å². The molecule has 0 aromatic heterocycles. The van der Waals surface area contributed by atoms with Crippen LogP contribution < -0.4 is 14.5 Å². The third kappa shape index (κ3) is 4.80. The van der Waals surface area contributed by atoms with Crippen molar-refractivity contribution in [1.82, 2.24) is 0 Å². The first-order valence-electron chi connectivity index (χ1n) is 9.30. The molecule has 0 aliphatic carbocycles. The third-order valence-corrected chi connectivity index (χ3v) is 5.05. The zero-order chi connectivity index (χ0) is 20.0. The van der Waals surface area contributed by atoms with Crippen molar-refractivity contribution in [3.8, 4) is 5.75 Å². The largest absolute Gasteiger partial charge is 0.497 e. The minimum absolute atomic E-state index is 0.0987. The second-order valence-corrected chi connectivity index (χ2v) is 6.63. The lowest BCUT2D eigenvalue weighted by Crippen LogP contribution is -2.40. The summed E-state index contributed by atoms with van der Waals surface area (Å²) in [6.45, 7) is 6.93. The Balaban J connectivity index is 2.28. The van der Waals surface area contributed by atoms with Gasteiger partial charge < -0.3 is 19.3 Å². The van der Waals surface area contributed by atoms with Gasteiger partial charge in [-0.25, -0.2) is 0 Å². The topological polar surface area (TPSA) is 48.8 Å². The van der Waals surface area contributed by atoms with Crippen molar-refractivity contribution in [2.75, 3.05) is 37.6 Å². The quantitative estimate of drug-likeness (QED) is 0.553. The van der Waals surface area contributed by atoms with Gasteiger partial charge in [-0.3, -0.25) is 5.41 Å². The van der Waals surface area contributed by atoms with E-state index in [2.05, 4.69) is 31.9 Å². The van der Waals surface area contributed by atoms with E-state index in [0.29, 0.717) is 12.4 Å². The first-order valence-corrected chi connectivity index (χ1v) is 9.30. The molecular formula is C22H31N3O2. The van der Waals surface area contributed by atoms with Crippen LogP contribution in [-0.4, -0.2) is 45.8 Å². The lowest BCUT2D eigenvalue weighted by atomic mass is 10.1. The Kier molecular flexibility index (Phi) is 7.25. The van der Waals surface area contributed by atoms with Gasteiger partial charge in [-0.05, 0) is 57.2 Å². The van der Waals surface area contributed by atoms with Gasteiger partial charge in [-0.1, -0.05) is 12.1 Å². The maximum atomic E-state index is 8.77. The molecule has 0 radical (unpaired) electrons. The van der Waals surface area contributed by atoms with Crippen LogP contribution in [0.2, 0.25) is 0 Å². The van der Waals surface area contributed by atoms with Crippen LogP contribution in [0.15, 0.2) is 48.5 Å². The SMILES string of the molecule is CCOC(C)[C@@H](C)N(C)c1ccccc1C(=N)N(C)c1ccc(OC)cc1. The lowest BCUT2D eigenvalue weighted by molar-refractivity contribution is 0.0607. The van der Waals surface area contributed by atoms with E-state index in [9.17, 15) is 0 Å².